The standard InChI is InChI=1S/C11H14NO/c13-11-6-4-10(5-7-11)12-8-2-1-3-9-12/h4-7H,1-3,8-9H2. The average molecular weight is 176 g/mol. The Bertz CT molecular complexity index is 262. The van der Waals surface area contributed by atoms with Crippen LogP contribution >= 0.6 is 0 Å². The molecule has 0 bridgehead atoms. The zero-order valence-corrected chi connectivity index (χ0v) is 7.70. The molecule has 2 rings (SSSR count). The lowest BCUT2D eigenvalue weighted by atomic mass is 10.1. The maximum Gasteiger partial charge on any atom is 0.178 e. The molecule has 69 valence electrons. The minimum Gasteiger partial charge on any atom is -0.372 e. The van der Waals surface area contributed by atoms with Gasteiger partial charge in [0.15, 0.2) is 5.75 Å². The van der Waals surface area contributed by atoms with Gasteiger partial charge < -0.3 is 4.90 Å². The second kappa shape index (κ2) is 3.69. The first-order valence-corrected chi connectivity index (χ1v) is 4.88. The fraction of sp³-hybridized carbons (Fsp3) is 0.455. The molecule has 0 amide bonds. The first-order valence-electron chi connectivity index (χ1n) is 4.88. The maximum absolute atomic E-state index is 10.9. The molecule has 0 spiro atoms. The summed E-state index contributed by atoms with van der Waals surface area (Å²) in [6.45, 7) is 2.27. The van der Waals surface area contributed by atoms with E-state index in [1.165, 1.54) is 24.9 Å². The second-order valence-electron chi connectivity index (χ2n) is 3.54. The van der Waals surface area contributed by atoms with Crippen LogP contribution in [-0.4, -0.2) is 13.1 Å². The molecule has 1 aliphatic rings. The van der Waals surface area contributed by atoms with Gasteiger partial charge in [0.25, 0.3) is 0 Å². The van der Waals surface area contributed by atoms with Crippen molar-refractivity contribution < 1.29 is 5.11 Å². The van der Waals surface area contributed by atoms with E-state index in [2.05, 4.69) is 4.90 Å². The summed E-state index contributed by atoms with van der Waals surface area (Å²) < 4.78 is 0. The molecule has 1 aromatic rings. The SMILES string of the molecule is [O]c1ccc(N2CCCCC2)cc1. The summed E-state index contributed by atoms with van der Waals surface area (Å²) in [5.41, 5.74) is 1.19. The van der Waals surface area contributed by atoms with Crippen LogP contribution in [0.4, 0.5) is 5.69 Å². The minimum absolute atomic E-state index is 0.0979. The summed E-state index contributed by atoms with van der Waals surface area (Å²) in [6.07, 6.45) is 3.90. The van der Waals surface area contributed by atoms with E-state index in [-0.39, 0.29) is 5.75 Å². The Balaban J connectivity index is 2.10. The second-order valence-corrected chi connectivity index (χ2v) is 3.54. The number of benzene rings is 1. The summed E-state index contributed by atoms with van der Waals surface area (Å²) in [6, 6.07) is 7.13. The predicted molar refractivity (Wildman–Crippen MR) is 52.6 cm³/mol. The third kappa shape index (κ3) is 1.94. The van der Waals surface area contributed by atoms with Gasteiger partial charge >= 0.3 is 0 Å². The molecular formula is C11H14NO. The van der Waals surface area contributed by atoms with E-state index in [9.17, 15) is 5.11 Å². The van der Waals surface area contributed by atoms with Crippen molar-refractivity contribution >= 4 is 5.69 Å². The molecule has 1 fully saturated rings. The van der Waals surface area contributed by atoms with Crippen molar-refractivity contribution in [2.45, 2.75) is 19.3 Å². The Morgan fingerprint density at radius 3 is 2.15 bits per heavy atom. The number of hydrogen-bond donors (Lipinski definition) is 0. The molecule has 1 aliphatic heterocycles. The third-order valence-electron chi connectivity index (χ3n) is 2.56. The van der Waals surface area contributed by atoms with Crippen molar-refractivity contribution in [2.24, 2.45) is 0 Å². The molecule has 1 radical (unpaired) electrons. The smallest absolute Gasteiger partial charge is 0.178 e. The molecule has 0 atom stereocenters. The molecule has 0 unspecified atom stereocenters. The molecule has 2 nitrogen and oxygen atoms in total. The van der Waals surface area contributed by atoms with Crippen LogP contribution in [0, 0.1) is 0 Å². The van der Waals surface area contributed by atoms with E-state index in [0.717, 1.165) is 13.1 Å². The van der Waals surface area contributed by atoms with E-state index in [4.69, 9.17) is 0 Å². The zero-order chi connectivity index (χ0) is 9.10. The maximum atomic E-state index is 10.9. The highest BCUT2D eigenvalue weighted by atomic mass is 16.3. The van der Waals surface area contributed by atoms with E-state index in [1.54, 1.807) is 12.1 Å². The lowest BCUT2D eigenvalue weighted by Crippen LogP contribution is -2.29. The highest BCUT2D eigenvalue weighted by Gasteiger charge is 2.10. The van der Waals surface area contributed by atoms with Crippen LogP contribution in [0.3, 0.4) is 0 Å². The van der Waals surface area contributed by atoms with Crippen LogP contribution in [-0.2, 0) is 5.11 Å². The summed E-state index contributed by atoms with van der Waals surface area (Å²) >= 11 is 0. The Hall–Kier alpha value is -1.18. The van der Waals surface area contributed by atoms with Crippen molar-refractivity contribution in [3.63, 3.8) is 0 Å². The first-order chi connectivity index (χ1) is 6.36. The molecule has 2 heteroatoms. The van der Waals surface area contributed by atoms with Gasteiger partial charge in [-0.1, -0.05) is 0 Å². The Labute approximate surface area is 78.8 Å². The zero-order valence-electron chi connectivity index (χ0n) is 7.70. The fourth-order valence-electron chi connectivity index (χ4n) is 1.81. The average Bonchev–Trinajstić information content (AvgIpc) is 2.20. The van der Waals surface area contributed by atoms with E-state index in [0.29, 0.717) is 0 Å². The molecule has 0 saturated carbocycles. The lowest BCUT2D eigenvalue weighted by Gasteiger charge is -2.28. The Kier molecular flexibility index (Phi) is 2.39. The molecule has 1 heterocycles. The quantitative estimate of drug-likeness (QED) is 0.645. The fourth-order valence-corrected chi connectivity index (χ4v) is 1.81. The molecule has 0 aliphatic carbocycles. The van der Waals surface area contributed by atoms with Crippen molar-refractivity contribution in [3.05, 3.63) is 24.3 Å². The number of nitrogens with zero attached hydrogens (tertiary/aromatic N) is 1. The lowest BCUT2D eigenvalue weighted by molar-refractivity contribution is 0.355. The first kappa shape index (κ1) is 8.42. The van der Waals surface area contributed by atoms with Gasteiger partial charge in [-0.2, -0.15) is 0 Å². The van der Waals surface area contributed by atoms with Gasteiger partial charge in [-0.3, -0.25) is 5.11 Å². The van der Waals surface area contributed by atoms with Gasteiger partial charge in [-0.15, -0.1) is 0 Å². The molecule has 1 saturated heterocycles. The molecule has 0 N–H and O–H groups in total. The summed E-state index contributed by atoms with van der Waals surface area (Å²) in [5.74, 6) is 0.0979. The van der Waals surface area contributed by atoms with E-state index >= 15 is 0 Å². The Morgan fingerprint density at radius 2 is 1.54 bits per heavy atom. The van der Waals surface area contributed by atoms with Crippen molar-refractivity contribution in [1.82, 2.24) is 0 Å². The minimum atomic E-state index is 0.0979. The van der Waals surface area contributed by atoms with Gasteiger partial charge in [0, 0.05) is 18.8 Å². The molecule has 13 heavy (non-hydrogen) atoms. The summed E-state index contributed by atoms with van der Waals surface area (Å²) in [5, 5.41) is 10.9. The van der Waals surface area contributed by atoms with Gasteiger partial charge in [0.2, 0.25) is 0 Å². The number of anilines is 1. The normalized spacial score (nSPS) is 17.4. The molecule has 1 aromatic carbocycles. The highest BCUT2D eigenvalue weighted by Crippen LogP contribution is 2.21. The van der Waals surface area contributed by atoms with Crippen molar-refractivity contribution in [3.8, 4) is 5.75 Å². The van der Waals surface area contributed by atoms with Crippen LogP contribution in [0.1, 0.15) is 19.3 Å². The largest absolute Gasteiger partial charge is 0.372 e. The summed E-state index contributed by atoms with van der Waals surface area (Å²) in [7, 11) is 0. The monoisotopic (exact) mass is 176 g/mol. The van der Waals surface area contributed by atoms with Gasteiger partial charge in [-0.05, 0) is 43.5 Å². The van der Waals surface area contributed by atoms with Gasteiger partial charge in [0.05, 0.1) is 0 Å². The van der Waals surface area contributed by atoms with Crippen molar-refractivity contribution in [1.29, 1.82) is 0 Å². The van der Waals surface area contributed by atoms with Crippen LogP contribution in [0.15, 0.2) is 24.3 Å². The Morgan fingerprint density at radius 1 is 0.923 bits per heavy atom. The van der Waals surface area contributed by atoms with E-state index < -0.39 is 0 Å². The molecular weight excluding hydrogens is 162 g/mol. The third-order valence-corrected chi connectivity index (χ3v) is 2.56. The topological polar surface area (TPSA) is 23.1 Å². The van der Waals surface area contributed by atoms with E-state index in [1.807, 2.05) is 12.1 Å². The number of piperidine rings is 1. The van der Waals surface area contributed by atoms with Crippen LogP contribution in [0.25, 0.3) is 0 Å². The van der Waals surface area contributed by atoms with Crippen LogP contribution in [0.2, 0.25) is 0 Å². The van der Waals surface area contributed by atoms with Crippen LogP contribution in [0.5, 0.6) is 5.75 Å². The summed E-state index contributed by atoms with van der Waals surface area (Å²) in [4.78, 5) is 2.35. The van der Waals surface area contributed by atoms with Gasteiger partial charge in [-0.25, -0.2) is 0 Å². The predicted octanol–water partition coefficient (Wildman–Crippen LogP) is 2.82. The van der Waals surface area contributed by atoms with Crippen LogP contribution < -0.4 is 4.90 Å². The number of hydrogen-bond acceptors (Lipinski definition) is 1. The highest BCUT2D eigenvalue weighted by molar-refractivity contribution is 5.48. The van der Waals surface area contributed by atoms with Crippen molar-refractivity contribution in [2.75, 3.05) is 18.0 Å². The molecule has 0 aromatic heterocycles. The van der Waals surface area contributed by atoms with Gasteiger partial charge in [0.1, 0.15) is 0 Å². The number of rotatable bonds is 1.